The van der Waals surface area contributed by atoms with Crippen molar-refractivity contribution in [3.8, 4) is 0 Å². The van der Waals surface area contributed by atoms with Crippen molar-refractivity contribution in [2.75, 3.05) is 6.54 Å². The first-order chi connectivity index (χ1) is 8.54. The van der Waals surface area contributed by atoms with Crippen molar-refractivity contribution in [3.05, 3.63) is 35.6 Å². The summed E-state index contributed by atoms with van der Waals surface area (Å²) in [5.74, 6) is -1.04. The van der Waals surface area contributed by atoms with Gasteiger partial charge in [0.15, 0.2) is 0 Å². The van der Waals surface area contributed by atoms with Crippen LogP contribution in [0.15, 0.2) is 24.3 Å². The lowest BCUT2D eigenvalue weighted by atomic mass is 10.1. The minimum atomic E-state index is -0.621. The predicted molar refractivity (Wildman–Crippen MR) is 66.4 cm³/mol. The topological polar surface area (TPSA) is 58.2 Å². The fraction of sp³-hybridized carbons (Fsp3) is 0.385. The van der Waals surface area contributed by atoms with Gasteiger partial charge in [0.05, 0.1) is 6.42 Å². The van der Waals surface area contributed by atoms with Crippen LogP contribution in [0.25, 0.3) is 0 Å². The van der Waals surface area contributed by atoms with Gasteiger partial charge in [0.2, 0.25) is 11.8 Å². The molecule has 0 spiro atoms. The average molecular weight is 252 g/mol. The Kier molecular flexibility index (Phi) is 5.30. The summed E-state index contributed by atoms with van der Waals surface area (Å²) in [5, 5.41) is 5.12. The zero-order chi connectivity index (χ0) is 13.5. The van der Waals surface area contributed by atoms with Gasteiger partial charge in [0.25, 0.3) is 0 Å². The van der Waals surface area contributed by atoms with Crippen molar-refractivity contribution in [1.82, 2.24) is 10.6 Å². The second-order valence-electron chi connectivity index (χ2n) is 3.95. The van der Waals surface area contributed by atoms with E-state index >= 15 is 0 Å². The van der Waals surface area contributed by atoms with Gasteiger partial charge in [-0.25, -0.2) is 4.39 Å². The Balaban J connectivity index is 2.52. The molecular weight excluding hydrogens is 235 g/mol. The molecule has 0 heterocycles. The lowest BCUT2D eigenvalue weighted by molar-refractivity contribution is -0.128. The zero-order valence-corrected chi connectivity index (χ0v) is 10.5. The Bertz CT molecular complexity index is 435. The molecule has 2 N–H and O–H groups in total. The Hall–Kier alpha value is -1.91. The Morgan fingerprint density at radius 3 is 2.61 bits per heavy atom. The third kappa shape index (κ3) is 4.16. The van der Waals surface area contributed by atoms with Gasteiger partial charge in [-0.15, -0.1) is 0 Å². The van der Waals surface area contributed by atoms with Crippen LogP contribution in [-0.4, -0.2) is 24.4 Å². The van der Waals surface area contributed by atoms with Crippen LogP contribution in [0.4, 0.5) is 4.39 Å². The number of benzene rings is 1. The summed E-state index contributed by atoms with van der Waals surface area (Å²) in [7, 11) is 0. The Morgan fingerprint density at radius 1 is 1.33 bits per heavy atom. The largest absolute Gasteiger partial charge is 0.355 e. The van der Waals surface area contributed by atoms with E-state index in [-0.39, 0.29) is 18.2 Å². The second kappa shape index (κ2) is 6.74. The second-order valence-corrected chi connectivity index (χ2v) is 3.95. The summed E-state index contributed by atoms with van der Waals surface area (Å²) < 4.78 is 13.3. The number of likely N-dealkylation sites (N-methyl/N-ethyl adjacent to an activating group) is 1. The third-order valence-electron chi connectivity index (χ3n) is 2.43. The number of amides is 2. The Labute approximate surface area is 106 Å². The minimum Gasteiger partial charge on any atom is -0.355 e. The van der Waals surface area contributed by atoms with E-state index in [9.17, 15) is 14.0 Å². The van der Waals surface area contributed by atoms with Crippen LogP contribution in [0.3, 0.4) is 0 Å². The number of nitrogens with one attached hydrogen (secondary N) is 2. The first-order valence-corrected chi connectivity index (χ1v) is 5.85. The number of carbonyl (C=O) groups is 2. The van der Waals surface area contributed by atoms with Crippen molar-refractivity contribution < 1.29 is 14.0 Å². The van der Waals surface area contributed by atoms with Gasteiger partial charge in [-0.3, -0.25) is 9.59 Å². The van der Waals surface area contributed by atoms with Crippen molar-refractivity contribution >= 4 is 11.8 Å². The highest BCUT2D eigenvalue weighted by atomic mass is 19.1. The van der Waals surface area contributed by atoms with E-state index in [0.717, 1.165) is 0 Å². The minimum absolute atomic E-state index is 0.0730. The van der Waals surface area contributed by atoms with Crippen molar-refractivity contribution in [3.63, 3.8) is 0 Å². The average Bonchev–Trinajstić information content (AvgIpc) is 2.32. The van der Waals surface area contributed by atoms with E-state index in [1.807, 2.05) is 0 Å². The smallest absolute Gasteiger partial charge is 0.242 e. The molecule has 0 aliphatic carbocycles. The van der Waals surface area contributed by atoms with Gasteiger partial charge >= 0.3 is 0 Å². The van der Waals surface area contributed by atoms with E-state index in [0.29, 0.717) is 12.1 Å². The first-order valence-electron chi connectivity index (χ1n) is 5.85. The fourth-order valence-electron chi connectivity index (χ4n) is 1.50. The van der Waals surface area contributed by atoms with E-state index in [1.54, 1.807) is 32.0 Å². The van der Waals surface area contributed by atoms with Crippen molar-refractivity contribution in [1.29, 1.82) is 0 Å². The predicted octanol–water partition coefficient (Wildman–Crippen LogP) is 1.01. The summed E-state index contributed by atoms with van der Waals surface area (Å²) in [6.45, 7) is 3.89. The standard InChI is InChI=1S/C13H17FN2O2/c1-3-15-13(18)9(2)16-12(17)8-10-6-4-5-7-11(10)14/h4-7,9H,3,8H2,1-2H3,(H,15,18)(H,16,17)/t9-/m0/s1. The van der Waals surface area contributed by atoms with Crippen LogP contribution in [0.2, 0.25) is 0 Å². The molecule has 0 aromatic heterocycles. The molecule has 0 saturated carbocycles. The van der Waals surface area contributed by atoms with E-state index in [1.165, 1.54) is 6.07 Å². The maximum Gasteiger partial charge on any atom is 0.242 e. The molecule has 0 aliphatic rings. The SMILES string of the molecule is CCNC(=O)[C@H](C)NC(=O)Cc1ccccc1F. The molecule has 4 nitrogen and oxygen atoms in total. The molecule has 5 heteroatoms. The summed E-state index contributed by atoms with van der Waals surface area (Å²) in [5.41, 5.74) is 0.318. The lowest BCUT2D eigenvalue weighted by Gasteiger charge is -2.13. The molecule has 1 aromatic carbocycles. The van der Waals surface area contributed by atoms with Gasteiger partial charge < -0.3 is 10.6 Å². The third-order valence-corrected chi connectivity index (χ3v) is 2.43. The summed E-state index contributed by atoms with van der Waals surface area (Å²) in [6.07, 6.45) is -0.0730. The monoisotopic (exact) mass is 252 g/mol. The summed E-state index contributed by atoms with van der Waals surface area (Å²) in [4.78, 5) is 23.0. The highest BCUT2D eigenvalue weighted by Gasteiger charge is 2.15. The summed E-state index contributed by atoms with van der Waals surface area (Å²) >= 11 is 0. The van der Waals surface area contributed by atoms with Gasteiger partial charge in [-0.1, -0.05) is 18.2 Å². The molecular formula is C13H17FN2O2. The highest BCUT2D eigenvalue weighted by Crippen LogP contribution is 2.06. The highest BCUT2D eigenvalue weighted by molar-refractivity contribution is 5.88. The number of hydrogen-bond donors (Lipinski definition) is 2. The van der Waals surface area contributed by atoms with Gasteiger partial charge in [-0.05, 0) is 25.5 Å². The molecule has 0 radical (unpaired) electrons. The molecule has 18 heavy (non-hydrogen) atoms. The maximum absolute atomic E-state index is 13.3. The molecule has 0 fully saturated rings. The van der Waals surface area contributed by atoms with Crippen LogP contribution >= 0.6 is 0 Å². The quantitative estimate of drug-likeness (QED) is 0.821. The van der Waals surface area contributed by atoms with Crippen LogP contribution < -0.4 is 10.6 Å². The Morgan fingerprint density at radius 2 is 2.00 bits per heavy atom. The van der Waals surface area contributed by atoms with Gasteiger partial charge in [0.1, 0.15) is 11.9 Å². The van der Waals surface area contributed by atoms with E-state index in [2.05, 4.69) is 10.6 Å². The molecule has 98 valence electrons. The number of halogens is 1. The molecule has 0 bridgehead atoms. The molecule has 2 amide bonds. The maximum atomic E-state index is 13.3. The van der Waals surface area contributed by atoms with E-state index in [4.69, 9.17) is 0 Å². The molecule has 0 unspecified atom stereocenters. The molecule has 1 aromatic rings. The van der Waals surface area contributed by atoms with Gasteiger partial charge in [0, 0.05) is 6.54 Å². The number of carbonyl (C=O) groups excluding carboxylic acids is 2. The number of rotatable bonds is 5. The van der Waals surface area contributed by atoms with Gasteiger partial charge in [-0.2, -0.15) is 0 Å². The molecule has 0 aliphatic heterocycles. The first kappa shape index (κ1) is 14.2. The zero-order valence-electron chi connectivity index (χ0n) is 10.5. The van der Waals surface area contributed by atoms with Crippen molar-refractivity contribution in [2.24, 2.45) is 0 Å². The number of hydrogen-bond acceptors (Lipinski definition) is 2. The van der Waals surface area contributed by atoms with E-state index < -0.39 is 11.9 Å². The van der Waals surface area contributed by atoms with Crippen molar-refractivity contribution in [2.45, 2.75) is 26.3 Å². The molecule has 0 saturated heterocycles. The van der Waals surface area contributed by atoms with Crippen LogP contribution in [0.1, 0.15) is 19.4 Å². The van der Waals surface area contributed by atoms with Crippen LogP contribution in [-0.2, 0) is 16.0 Å². The van der Waals surface area contributed by atoms with Crippen LogP contribution in [0, 0.1) is 5.82 Å². The molecule has 1 rings (SSSR count). The lowest BCUT2D eigenvalue weighted by Crippen LogP contribution is -2.45. The summed E-state index contributed by atoms with van der Waals surface area (Å²) in [6, 6.07) is 5.46. The normalized spacial score (nSPS) is 11.7. The van der Waals surface area contributed by atoms with Crippen LogP contribution in [0.5, 0.6) is 0 Å². The molecule has 1 atom stereocenters. The fourth-order valence-corrected chi connectivity index (χ4v) is 1.50.